The van der Waals surface area contributed by atoms with Crippen molar-refractivity contribution >= 4 is 21.8 Å². The van der Waals surface area contributed by atoms with Crippen LogP contribution in [0, 0.1) is 11.3 Å². The maximum Gasteiger partial charge on any atom is 0.414 e. The fraction of sp³-hybridized carbons (Fsp3) is 0.400. The largest absolute Gasteiger partial charge is 0.414 e. The van der Waals surface area contributed by atoms with Gasteiger partial charge in [-0.1, -0.05) is 0 Å². The van der Waals surface area contributed by atoms with Gasteiger partial charge in [-0.2, -0.15) is 22.7 Å². The molecule has 20 heavy (non-hydrogen) atoms. The minimum Gasteiger partial charge on any atom is -0.244 e. The highest BCUT2D eigenvalue weighted by Gasteiger charge is 2.51. The van der Waals surface area contributed by atoms with Gasteiger partial charge in [-0.05, 0) is 12.1 Å². The zero-order valence-corrected chi connectivity index (χ0v) is 11.5. The maximum absolute atomic E-state index is 12.8. The van der Waals surface area contributed by atoms with Crippen LogP contribution in [0.15, 0.2) is 23.2 Å². The number of hydrogen-bond acceptors (Lipinski definition) is 5. The summed E-state index contributed by atoms with van der Waals surface area (Å²) in [5.74, 6) is 0.0765. The van der Waals surface area contributed by atoms with E-state index in [1.807, 2.05) is 0 Å². The molecule has 0 N–H and O–H groups in total. The lowest BCUT2D eigenvalue weighted by atomic mass is 10.4. The quantitative estimate of drug-likeness (QED) is 0.826. The second-order valence-electron chi connectivity index (χ2n) is 3.87. The van der Waals surface area contributed by atoms with Gasteiger partial charge in [0.1, 0.15) is 16.7 Å². The molecule has 0 aromatic carbocycles. The maximum atomic E-state index is 12.8. The van der Waals surface area contributed by atoms with Crippen molar-refractivity contribution in [3.63, 3.8) is 0 Å². The van der Waals surface area contributed by atoms with Crippen molar-refractivity contribution in [1.82, 2.24) is 9.29 Å². The molecule has 1 aromatic rings. The summed E-state index contributed by atoms with van der Waals surface area (Å²) in [7, 11) is -4.28. The number of halogens is 3. The molecule has 0 aliphatic carbocycles. The molecule has 2 heterocycles. The Hall–Kier alpha value is -1.31. The molecule has 0 spiro atoms. The molecule has 1 unspecified atom stereocenters. The predicted octanol–water partition coefficient (Wildman–Crippen LogP) is 1.58. The molecule has 2 rings (SSSR count). The first-order valence-corrected chi connectivity index (χ1v) is 7.82. The van der Waals surface area contributed by atoms with Gasteiger partial charge in [0.15, 0.2) is 5.37 Å². The zero-order chi connectivity index (χ0) is 15.0. The number of aromatic nitrogens is 1. The van der Waals surface area contributed by atoms with E-state index < -0.39 is 21.6 Å². The molecule has 1 aliphatic heterocycles. The van der Waals surface area contributed by atoms with E-state index in [9.17, 15) is 21.6 Å². The number of rotatable bonds is 2. The number of hydrogen-bond donors (Lipinski definition) is 0. The minimum atomic E-state index is -4.63. The van der Waals surface area contributed by atoms with Crippen LogP contribution < -0.4 is 0 Å². The summed E-state index contributed by atoms with van der Waals surface area (Å²) >= 11 is 0.536. The van der Waals surface area contributed by atoms with E-state index in [-0.39, 0.29) is 22.9 Å². The molecule has 1 aromatic heterocycles. The summed E-state index contributed by atoms with van der Waals surface area (Å²) < 4.78 is 63.1. The predicted molar refractivity (Wildman–Crippen MR) is 65.1 cm³/mol. The van der Waals surface area contributed by atoms with E-state index in [0.29, 0.717) is 16.1 Å². The van der Waals surface area contributed by atoms with Gasteiger partial charge in [0, 0.05) is 18.5 Å². The SMILES string of the molecule is N#Cc1ccc(S(=O)(=O)N2CCSC2C(F)(F)F)cn1. The molecule has 10 heteroatoms. The van der Waals surface area contributed by atoms with Crippen molar-refractivity contribution in [3.8, 4) is 6.07 Å². The molecule has 0 saturated carbocycles. The standard InChI is InChI=1S/C10H8F3N3O2S2/c11-10(12,13)9-16(3-4-19-9)20(17,18)8-2-1-7(5-14)15-6-8/h1-2,6,9H,3-4H2. The van der Waals surface area contributed by atoms with E-state index in [2.05, 4.69) is 4.98 Å². The summed E-state index contributed by atoms with van der Waals surface area (Å²) in [6.07, 6.45) is -3.74. The Kier molecular flexibility index (Phi) is 3.95. The van der Waals surface area contributed by atoms with Crippen LogP contribution in [-0.4, -0.2) is 41.6 Å². The van der Waals surface area contributed by atoms with E-state index >= 15 is 0 Å². The van der Waals surface area contributed by atoms with Crippen molar-refractivity contribution in [1.29, 1.82) is 5.26 Å². The smallest absolute Gasteiger partial charge is 0.244 e. The molecular weight excluding hydrogens is 315 g/mol. The van der Waals surface area contributed by atoms with Gasteiger partial charge < -0.3 is 0 Å². The van der Waals surface area contributed by atoms with Crippen LogP contribution in [0.5, 0.6) is 0 Å². The van der Waals surface area contributed by atoms with E-state index in [1.54, 1.807) is 6.07 Å². The monoisotopic (exact) mass is 323 g/mol. The summed E-state index contributed by atoms with van der Waals surface area (Å²) in [5.41, 5.74) is -0.00730. The van der Waals surface area contributed by atoms with Gasteiger partial charge in [-0.25, -0.2) is 13.4 Å². The Morgan fingerprint density at radius 2 is 2.15 bits per heavy atom. The minimum absolute atomic E-state index is 0.00730. The summed E-state index contributed by atoms with van der Waals surface area (Å²) in [6.45, 7) is -0.211. The Labute approximate surface area is 117 Å². The molecule has 1 aliphatic rings. The number of nitriles is 1. The first-order valence-electron chi connectivity index (χ1n) is 5.33. The lowest BCUT2D eigenvalue weighted by Crippen LogP contribution is -2.43. The number of nitrogens with zero attached hydrogens (tertiary/aromatic N) is 3. The van der Waals surface area contributed by atoms with E-state index in [0.717, 1.165) is 18.3 Å². The third kappa shape index (κ3) is 2.74. The van der Waals surface area contributed by atoms with Crippen LogP contribution >= 0.6 is 11.8 Å². The van der Waals surface area contributed by atoms with Crippen molar-refractivity contribution in [2.75, 3.05) is 12.3 Å². The van der Waals surface area contributed by atoms with Crippen molar-refractivity contribution in [3.05, 3.63) is 24.0 Å². The molecule has 0 bridgehead atoms. The Bertz CT molecular complexity index is 637. The molecule has 1 atom stereocenters. The number of thioether (sulfide) groups is 1. The lowest BCUT2D eigenvalue weighted by molar-refractivity contribution is -0.144. The molecule has 1 fully saturated rings. The van der Waals surface area contributed by atoms with Crippen LogP contribution in [0.1, 0.15) is 5.69 Å². The first-order chi connectivity index (χ1) is 9.26. The van der Waals surface area contributed by atoms with Crippen molar-refractivity contribution in [2.45, 2.75) is 16.4 Å². The highest BCUT2D eigenvalue weighted by Crippen LogP contribution is 2.39. The molecule has 108 valence electrons. The summed E-state index contributed by atoms with van der Waals surface area (Å²) in [5, 5.41) is 6.49. The van der Waals surface area contributed by atoms with Crippen LogP contribution in [0.4, 0.5) is 13.2 Å². The van der Waals surface area contributed by atoms with Gasteiger partial charge >= 0.3 is 6.18 Å². The van der Waals surface area contributed by atoms with Gasteiger partial charge in [0.05, 0.1) is 0 Å². The highest BCUT2D eigenvalue weighted by atomic mass is 32.2. The van der Waals surface area contributed by atoms with Crippen LogP contribution in [0.2, 0.25) is 0 Å². The normalized spacial score (nSPS) is 20.8. The van der Waals surface area contributed by atoms with Crippen LogP contribution in [0.3, 0.4) is 0 Å². The van der Waals surface area contributed by atoms with E-state index in [1.165, 1.54) is 0 Å². The molecule has 0 radical (unpaired) electrons. The fourth-order valence-electron chi connectivity index (χ4n) is 1.69. The van der Waals surface area contributed by atoms with Crippen molar-refractivity contribution in [2.24, 2.45) is 0 Å². The second-order valence-corrected chi connectivity index (χ2v) is 6.95. The molecule has 1 saturated heterocycles. The van der Waals surface area contributed by atoms with Crippen molar-refractivity contribution < 1.29 is 21.6 Å². The average Bonchev–Trinajstić information content (AvgIpc) is 2.88. The summed E-state index contributed by atoms with van der Waals surface area (Å²) in [4.78, 5) is 3.21. The first kappa shape index (κ1) is 15.1. The fourth-order valence-corrected chi connectivity index (χ4v) is 4.72. The molecule has 0 amide bonds. The lowest BCUT2D eigenvalue weighted by Gasteiger charge is -2.24. The Morgan fingerprint density at radius 1 is 1.45 bits per heavy atom. The van der Waals surface area contributed by atoms with Crippen LogP contribution in [0.25, 0.3) is 0 Å². The second kappa shape index (κ2) is 5.23. The zero-order valence-electron chi connectivity index (χ0n) is 9.83. The Morgan fingerprint density at radius 3 is 2.65 bits per heavy atom. The third-order valence-corrected chi connectivity index (χ3v) is 5.82. The van der Waals surface area contributed by atoms with Crippen LogP contribution in [-0.2, 0) is 10.0 Å². The highest BCUT2D eigenvalue weighted by molar-refractivity contribution is 8.01. The number of alkyl halides is 3. The van der Waals surface area contributed by atoms with Gasteiger partial charge in [-0.15, -0.1) is 11.8 Å². The molecular formula is C10H8F3N3O2S2. The van der Waals surface area contributed by atoms with Gasteiger partial charge in [-0.3, -0.25) is 0 Å². The summed E-state index contributed by atoms with van der Waals surface area (Å²) in [6, 6.07) is 3.94. The molecule has 5 nitrogen and oxygen atoms in total. The average molecular weight is 323 g/mol. The third-order valence-electron chi connectivity index (χ3n) is 2.59. The topological polar surface area (TPSA) is 74.1 Å². The Balaban J connectivity index is 2.37. The van der Waals surface area contributed by atoms with E-state index in [4.69, 9.17) is 5.26 Å². The van der Waals surface area contributed by atoms with Gasteiger partial charge in [0.25, 0.3) is 0 Å². The van der Waals surface area contributed by atoms with Gasteiger partial charge in [0.2, 0.25) is 10.0 Å². The number of pyridine rings is 1. The number of sulfonamides is 1.